The average molecular weight is 340 g/mol. The van der Waals surface area contributed by atoms with Crippen molar-refractivity contribution < 1.29 is 40.1 Å². The number of unbranched alkanes of at least 4 members (excludes halogenated alkanes) is 15. The van der Waals surface area contributed by atoms with E-state index in [0.29, 0.717) is 6.61 Å². The molecule has 128 valence electrons. The summed E-state index contributed by atoms with van der Waals surface area (Å²) in [6, 6.07) is 0. The maximum atomic E-state index is 10.0. The van der Waals surface area contributed by atoms with Gasteiger partial charge in [-0.2, -0.15) is 0 Å². The van der Waals surface area contributed by atoms with Crippen molar-refractivity contribution in [1.82, 2.24) is 0 Å². The van der Waals surface area contributed by atoms with E-state index >= 15 is 0 Å². The van der Waals surface area contributed by atoms with Crippen LogP contribution in [0.5, 0.6) is 0 Å². The summed E-state index contributed by atoms with van der Waals surface area (Å²) in [5.74, 6) is 0. The van der Waals surface area contributed by atoms with Gasteiger partial charge in [-0.1, -0.05) is 103 Å². The Morgan fingerprint density at radius 3 is 1.27 bits per heavy atom. The molecule has 0 atom stereocenters. The van der Waals surface area contributed by atoms with E-state index in [9.17, 15) is 4.57 Å². The largest absolute Gasteiger partial charge is 1.00 e. The van der Waals surface area contributed by atoms with Crippen LogP contribution in [0.25, 0.3) is 0 Å². The fourth-order valence-corrected chi connectivity index (χ4v) is 2.96. The number of hydrogen-bond acceptors (Lipinski definition) is 2. The monoisotopic (exact) mass is 340 g/mol. The second-order valence-electron chi connectivity index (χ2n) is 6.21. The maximum Gasteiger partial charge on any atom is 1.00 e. The number of hydrogen-bond donors (Lipinski definition) is 0. The van der Waals surface area contributed by atoms with Crippen molar-refractivity contribution in [3.63, 3.8) is 0 Å². The van der Waals surface area contributed by atoms with Crippen molar-refractivity contribution in [3.8, 4) is 0 Å². The van der Waals surface area contributed by atoms with E-state index in [2.05, 4.69) is 6.92 Å². The van der Waals surface area contributed by atoms with Crippen molar-refractivity contribution in [1.29, 1.82) is 0 Å². The van der Waals surface area contributed by atoms with Crippen LogP contribution in [0.4, 0.5) is 0 Å². The minimum absolute atomic E-state index is 0. The molecule has 0 N–H and O–H groups in total. The molecule has 0 aromatic carbocycles. The molecule has 22 heavy (non-hydrogen) atoms. The SMILES string of the molecule is CCCCCCCCCCCCCCCCCCOP=O.[H-].[Na+]. The van der Waals surface area contributed by atoms with Gasteiger partial charge in [-0.3, -0.25) is 4.52 Å². The zero-order valence-electron chi connectivity index (χ0n) is 16.3. The molecule has 4 heteroatoms. The molecule has 0 spiro atoms. The van der Waals surface area contributed by atoms with Gasteiger partial charge in [0.2, 0.25) is 0 Å². The summed E-state index contributed by atoms with van der Waals surface area (Å²) < 4.78 is 14.8. The fraction of sp³-hybridized carbons (Fsp3) is 1.00. The fourth-order valence-electron chi connectivity index (χ4n) is 2.75. The van der Waals surface area contributed by atoms with Gasteiger partial charge in [-0.15, -0.1) is 0 Å². The van der Waals surface area contributed by atoms with Crippen LogP contribution < -0.4 is 29.6 Å². The molecule has 0 rings (SSSR count). The van der Waals surface area contributed by atoms with Crippen LogP contribution in [0, 0.1) is 0 Å². The molecular formula is C18H38NaO2P. The molecule has 0 bridgehead atoms. The van der Waals surface area contributed by atoms with Gasteiger partial charge in [0.1, 0.15) is 0 Å². The summed E-state index contributed by atoms with van der Waals surface area (Å²) in [7, 11) is -0.171. The van der Waals surface area contributed by atoms with Crippen LogP contribution >= 0.6 is 8.69 Å². The van der Waals surface area contributed by atoms with Crippen LogP contribution in [0.3, 0.4) is 0 Å². The van der Waals surface area contributed by atoms with Crippen LogP contribution in [0.1, 0.15) is 111 Å². The smallest absolute Gasteiger partial charge is 1.00 e. The van der Waals surface area contributed by atoms with E-state index in [4.69, 9.17) is 4.52 Å². The molecule has 0 fully saturated rings. The summed E-state index contributed by atoms with van der Waals surface area (Å²) in [5.41, 5.74) is 0. The van der Waals surface area contributed by atoms with Gasteiger partial charge >= 0.3 is 38.2 Å². The molecule has 0 unspecified atom stereocenters. The van der Waals surface area contributed by atoms with E-state index in [1.54, 1.807) is 0 Å². The Balaban J connectivity index is -0.00000200. The maximum absolute atomic E-state index is 10.0. The molecule has 0 aromatic heterocycles. The summed E-state index contributed by atoms with van der Waals surface area (Å²) in [4.78, 5) is 0. The van der Waals surface area contributed by atoms with E-state index in [1.165, 1.54) is 96.3 Å². The Hall–Kier alpha value is 1.06. The molecule has 0 radical (unpaired) electrons. The first kappa shape index (κ1) is 25.3. The first-order valence-electron chi connectivity index (χ1n) is 9.36. The molecule has 0 saturated heterocycles. The molecule has 0 aliphatic heterocycles. The third-order valence-electron chi connectivity index (χ3n) is 4.14. The standard InChI is InChI=1S/C18H37O2P.Na.H/c1-2-3-4-5-6-7-8-9-10-11-12-13-14-15-16-17-18-20-21-19;;/h2-18H2,1H3;;/q;+1;-1. The van der Waals surface area contributed by atoms with Crippen molar-refractivity contribution in [2.45, 2.75) is 110 Å². The molecular weight excluding hydrogens is 302 g/mol. The average Bonchev–Trinajstić information content (AvgIpc) is 2.50. The topological polar surface area (TPSA) is 26.3 Å². The predicted molar refractivity (Wildman–Crippen MR) is 94.2 cm³/mol. The van der Waals surface area contributed by atoms with Gasteiger partial charge < -0.3 is 1.43 Å². The molecule has 0 aliphatic rings. The minimum atomic E-state index is -0.171. The van der Waals surface area contributed by atoms with E-state index in [0.717, 1.165) is 6.42 Å². The molecule has 0 saturated carbocycles. The third-order valence-corrected chi connectivity index (χ3v) is 4.43. The molecule has 2 nitrogen and oxygen atoms in total. The van der Waals surface area contributed by atoms with Crippen LogP contribution in [-0.4, -0.2) is 6.61 Å². The minimum Gasteiger partial charge on any atom is -1.00 e. The van der Waals surface area contributed by atoms with Gasteiger partial charge in [-0.25, -0.2) is 4.57 Å². The summed E-state index contributed by atoms with van der Waals surface area (Å²) >= 11 is 0. The van der Waals surface area contributed by atoms with Crippen molar-refractivity contribution in [2.75, 3.05) is 6.61 Å². The van der Waals surface area contributed by atoms with Gasteiger partial charge in [0.05, 0.1) is 6.61 Å². The van der Waals surface area contributed by atoms with Gasteiger partial charge in [0, 0.05) is 0 Å². The van der Waals surface area contributed by atoms with Gasteiger partial charge in [-0.05, 0) is 6.42 Å². The number of rotatable bonds is 18. The van der Waals surface area contributed by atoms with E-state index < -0.39 is 0 Å². The van der Waals surface area contributed by atoms with E-state index in [-0.39, 0.29) is 39.7 Å². The summed E-state index contributed by atoms with van der Waals surface area (Å²) in [6.45, 7) is 2.92. The van der Waals surface area contributed by atoms with Crippen LogP contribution in [-0.2, 0) is 9.09 Å². The molecule has 0 aromatic rings. The Morgan fingerprint density at radius 2 is 0.955 bits per heavy atom. The van der Waals surface area contributed by atoms with Crippen LogP contribution in [0.15, 0.2) is 0 Å². The first-order valence-corrected chi connectivity index (χ1v) is 10.1. The van der Waals surface area contributed by atoms with Crippen molar-refractivity contribution >= 4 is 8.69 Å². The van der Waals surface area contributed by atoms with Gasteiger partial charge in [0.15, 0.2) is 0 Å². The van der Waals surface area contributed by atoms with Crippen molar-refractivity contribution in [2.24, 2.45) is 0 Å². The second-order valence-corrected chi connectivity index (χ2v) is 6.62. The van der Waals surface area contributed by atoms with Crippen LogP contribution in [0.2, 0.25) is 0 Å². The summed E-state index contributed by atoms with van der Waals surface area (Å²) in [6.07, 6.45) is 22.0. The summed E-state index contributed by atoms with van der Waals surface area (Å²) in [5, 5.41) is 0. The quantitative estimate of drug-likeness (QED) is 0.207. The molecule has 0 aliphatic carbocycles. The molecule has 0 heterocycles. The Bertz CT molecular complexity index is 209. The van der Waals surface area contributed by atoms with Crippen molar-refractivity contribution in [3.05, 3.63) is 0 Å². The predicted octanol–water partition coefficient (Wildman–Crippen LogP) is 4.59. The zero-order valence-corrected chi connectivity index (χ0v) is 18.2. The Labute approximate surface area is 164 Å². The normalized spacial score (nSPS) is 10.8. The second kappa shape index (κ2) is 24.3. The first-order chi connectivity index (χ1) is 10.4. The Morgan fingerprint density at radius 1 is 0.636 bits per heavy atom. The third kappa shape index (κ3) is 23.3. The molecule has 0 amide bonds. The van der Waals surface area contributed by atoms with E-state index in [1.807, 2.05) is 0 Å². The zero-order chi connectivity index (χ0) is 15.4. The van der Waals surface area contributed by atoms with Gasteiger partial charge in [0.25, 0.3) is 0 Å². The Kier molecular flexibility index (Phi) is 28.0.